The molecule has 2 N–H and O–H groups in total. The number of carbonyl (C=O) groups is 1. The van der Waals surface area contributed by atoms with E-state index in [9.17, 15) is 4.79 Å². The number of amides is 1. The van der Waals surface area contributed by atoms with Gasteiger partial charge >= 0.3 is 0 Å². The van der Waals surface area contributed by atoms with E-state index in [-0.39, 0.29) is 25.5 Å². The van der Waals surface area contributed by atoms with E-state index < -0.39 is 11.6 Å². The second-order valence-corrected chi connectivity index (χ2v) is 12.0. The Bertz CT molecular complexity index is 1700. The molecule has 1 heterocycles. The van der Waals surface area contributed by atoms with Gasteiger partial charge in [-0.3, -0.25) is 4.79 Å². The van der Waals surface area contributed by atoms with Crippen molar-refractivity contribution in [2.24, 2.45) is 4.99 Å². The Balaban J connectivity index is 1.57. The van der Waals surface area contributed by atoms with E-state index in [0.717, 1.165) is 21.2 Å². The largest absolute Gasteiger partial charge is 0.497 e. The van der Waals surface area contributed by atoms with Gasteiger partial charge in [0.2, 0.25) is 11.6 Å². The first kappa shape index (κ1) is 34.6. The molecule has 0 saturated carbocycles. The number of nitrogens with one attached hydrogen (secondary N) is 1. The van der Waals surface area contributed by atoms with Gasteiger partial charge in [-0.2, -0.15) is 0 Å². The fourth-order valence-corrected chi connectivity index (χ4v) is 5.84. The Morgan fingerprint density at radius 3 is 2.21 bits per heavy atom. The van der Waals surface area contributed by atoms with E-state index in [1.165, 1.54) is 0 Å². The molecule has 4 aromatic carbocycles. The highest BCUT2D eigenvalue weighted by atomic mass is 79.9. The third-order valence-electron chi connectivity index (χ3n) is 7.99. The van der Waals surface area contributed by atoms with Crippen molar-refractivity contribution < 1.29 is 38.3 Å². The van der Waals surface area contributed by atoms with E-state index in [1.807, 2.05) is 72.8 Å². The fraction of sp³-hybridized carbons (Fsp3) is 0.297. The zero-order chi connectivity index (χ0) is 34.1. The number of aliphatic hydroxyl groups excluding tert-OH is 1. The van der Waals surface area contributed by atoms with Crippen molar-refractivity contribution in [1.82, 2.24) is 5.32 Å². The lowest BCUT2D eigenvalue weighted by Gasteiger charge is -2.31. The van der Waals surface area contributed by atoms with Gasteiger partial charge in [-0.1, -0.05) is 40.2 Å². The molecule has 0 spiro atoms. The maximum atomic E-state index is 14.7. The number of hydrogen-bond acceptors (Lipinski definition) is 9. The Morgan fingerprint density at radius 1 is 0.875 bits per heavy atom. The maximum absolute atomic E-state index is 14.7. The summed E-state index contributed by atoms with van der Waals surface area (Å²) in [5.74, 6) is 2.70. The number of nitrogens with zero attached hydrogens (tertiary/aromatic N) is 1. The van der Waals surface area contributed by atoms with Crippen LogP contribution in [0.4, 0.5) is 0 Å². The minimum Gasteiger partial charge on any atom is -0.497 e. The number of methoxy groups -OCH3 is 4. The summed E-state index contributed by atoms with van der Waals surface area (Å²) in [7, 11) is 6.23. The lowest BCUT2D eigenvalue weighted by Crippen LogP contribution is -2.49. The standard InChI is InChI=1S/C37H39BrN2O8/c1-43-30-8-5-7-27(21-30)34-37(22-24-9-13-28(38)14-10-24,40-35(48-34)26-11-15-29(16-12-26)47-18-6-17-41)36(42)39-23-25-19-31(44-2)33(46-4)32(20-25)45-3/h5,7-16,19-21,34,41H,6,17-18,22-23H2,1-4H3,(H,39,42)/t34-,37-/m1/s1. The zero-order valence-corrected chi connectivity index (χ0v) is 28.9. The average molecular weight is 720 g/mol. The third kappa shape index (κ3) is 7.69. The Kier molecular flexibility index (Phi) is 11.5. The SMILES string of the molecule is COc1cccc([C@H]2OC(c3ccc(OCCCO)cc3)=N[C@@]2(Cc2ccc(Br)cc2)C(=O)NCc2cc(OC)c(OC)c(OC)c2)c1. The molecule has 1 aliphatic heterocycles. The summed E-state index contributed by atoms with van der Waals surface area (Å²) < 4.78 is 35.4. The topological polar surface area (TPSA) is 117 Å². The molecule has 5 rings (SSSR count). The van der Waals surface area contributed by atoms with E-state index in [2.05, 4.69) is 21.2 Å². The maximum Gasteiger partial charge on any atom is 0.252 e. The lowest BCUT2D eigenvalue weighted by molar-refractivity contribution is -0.129. The molecule has 2 atom stereocenters. The Morgan fingerprint density at radius 2 is 1.58 bits per heavy atom. The first-order valence-electron chi connectivity index (χ1n) is 15.4. The van der Waals surface area contributed by atoms with E-state index in [4.69, 9.17) is 38.5 Å². The molecule has 4 aromatic rings. The van der Waals surface area contributed by atoms with Crippen molar-refractivity contribution in [1.29, 1.82) is 0 Å². The monoisotopic (exact) mass is 718 g/mol. The molecule has 0 aliphatic carbocycles. The summed E-state index contributed by atoms with van der Waals surface area (Å²) in [6.07, 6.45) is -0.0229. The van der Waals surface area contributed by atoms with Crippen molar-refractivity contribution in [2.75, 3.05) is 41.7 Å². The number of aliphatic imine (C=N–C) groups is 1. The third-order valence-corrected chi connectivity index (χ3v) is 8.52. The van der Waals surface area contributed by atoms with Crippen molar-refractivity contribution in [3.8, 4) is 28.7 Å². The molecule has 1 amide bonds. The summed E-state index contributed by atoms with van der Waals surface area (Å²) in [6.45, 7) is 0.608. The van der Waals surface area contributed by atoms with E-state index in [1.54, 1.807) is 40.6 Å². The molecule has 0 bridgehead atoms. The summed E-state index contributed by atoms with van der Waals surface area (Å²) in [4.78, 5) is 19.8. The van der Waals surface area contributed by atoms with Crippen LogP contribution >= 0.6 is 15.9 Å². The first-order valence-corrected chi connectivity index (χ1v) is 16.2. The van der Waals surface area contributed by atoms with Gasteiger partial charge in [-0.15, -0.1) is 0 Å². The van der Waals surface area contributed by atoms with Crippen LogP contribution in [0.15, 0.2) is 94.4 Å². The van der Waals surface area contributed by atoms with Gasteiger partial charge in [-0.25, -0.2) is 4.99 Å². The quantitative estimate of drug-likeness (QED) is 0.143. The van der Waals surface area contributed by atoms with Crippen LogP contribution in [0.2, 0.25) is 0 Å². The predicted octanol–water partition coefficient (Wildman–Crippen LogP) is 6.06. The molecule has 0 aromatic heterocycles. The number of hydrogen-bond donors (Lipinski definition) is 2. The molecule has 252 valence electrons. The van der Waals surface area contributed by atoms with Gasteiger partial charge in [0, 0.05) is 36.0 Å². The smallest absolute Gasteiger partial charge is 0.252 e. The van der Waals surface area contributed by atoms with Gasteiger partial charge in [0.1, 0.15) is 11.5 Å². The number of aliphatic hydroxyl groups is 1. The van der Waals surface area contributed by atoms with Gasteiger partial charge in [0.05, 0.1) is 35.0 Å². The fourth-order valence-electron chi connectivity index (χ4n) is 5.57. The van der Waals surface area contributed by atoms with Gasteiger partial charge in [-0.05, 0) is 77.4 Å². The molecular formula is C37H39BrN2O8. The van der Waals surface area contributed by atoms with Crippen LogP contribution in [0.25, 0.3) is 0 Å². The predicted molar refractivity (Wildman–Crippen MR) is 186 cm³/mol. The number of rotatable bonds is 15. The highest BCUT2D eigenvalue weighted by Gasteiger charge is 2.53. The summed E-state index contributed by atoms with van der Waals surface area (Å²) in [5, 5.41) is 12.2. The number of ether oxygens (including phenoxy) is 6. The molecule has 1 aliphatic rings. The summed E-state index contributed by atoms with van der Waals surface area (Å²) in [6, 6.07) is 26.2. The average Bonchev–Trinajstić information content (AvgIpc) is 3.51. The summed E-state index contributed by atoms with van der Waals surface area (Å²) >= 11 is 3.52. The lowest BCUT2D eigenvalue weighted by atomic mass is 9.82. The van der Waals surface area contributed by atoms with Crippen LogP contribution in [0.1, 0.15) is 34.8 Å². The van der Waals surface area contributed by atoms with Crippen LogP contribution in [-0.2, 0) is 22.5 Å². The highest BCUT2D eigenvalue weighted by Crippen LogP contribution is 2.44. The molecule has 0 saturated heterocycles. The van der Waals surface area contributed by atoms with Crippen LogP contribution in [0.5, 0.6) is 28.7 Å². The normalized spacial score (nSPS) is 16.8. The van der Waals surface area contributed by atoms with Crippen LogP contribution in [0, 0.1) is 0 Å². The number of carbonyl (C=O) groups excluding carboxylic acids is 1. The molecule has 10 nitrogen and oxygen atoms in total. The van der Waals surface area contributed by atoms with Crippen LogP contribution < -0.4 is 29.0 Å². The van der Waals surface area contributed by atoms with Crippen LogP contribution in [0.3, 0.4) is 0 Å². The first-order chi connectivity index (χ1) is 23.3. The molecule has 0 unspecified atom stereocenters. The van der Waals surface area contributed by atoms with Crippen LogP contribution in [-0.4, -0.2) is 64.1 Å². The van der Waals surface area contributed by atoms with E-state index >= 15 is 0 Å². The van der Waals surface area contributed by atoms with Gasteiger partial charge in [0.15, 0.2) is 23.1 Å². The van der Waals surface area contributed by atoms with Crippen molar-refractivity contribution >= 4 is 27.7 Å². The van der Waals surface area contributed by atoms with Crippen molar-refractivity contribution in [3.63, 3.8) is 0 Å². The second-order valence-electron chi connectivity index (χ2n) is 11.1. The zero-order valence-electron chi connectivity index (χ0n) is 27.3. The second kappa shape index (κ2) is 15.9. The van der Waals surface area contributed by atoms with Gasteiger partial charge < -0.3 is 38.8 Å². The van der Waals surface area contributed by atoms with Crippen molar-refractivity contribution in [3.05, 3.63) is 112 Å². The Hall–Kier alpha value is -4.74. The van der Waals surface area contributed by atoms with E-state index in [0.29, 0.717) is 53.2 Å². The number of halogens is 1. The number of benzene rings is 4. The Labute approximate surface area is 288 Å². The molecular weight excluding hydrogens is 680 g/mol. The molecule has 0 radical (unpaired) electrons. The molecule has 0 fully saturated rings. The molecule has 11 heteroatoms. The van der Waals surface area contributed by atoms with Crippen molar-refractivity contribution in [2.45, 2.75) is 31.0 Å². The molecule has 48 heavy (non-hydrogen) atoms. The minimum absolute atomic E-state index is 0.0520. The summed E-state index contributed by atoms with van der Waals surface area (Å²) in [5.41, 5.74) is 1.65. The minimum atomic E-state index is -1.41. The van der Waals surface area contributed by atoms with Gasteiger partial charge in [0.25, 0.3) is 5.91 Å². The highest BCUT2D eigenvalue weighted by molar-refractivity contribution is 9.10.